The first-order chi connectivity index (χ1) is 12.6. The second-order valence-corrected chi connectivity index (χ2v) is 16.4. The van der Waals surface area contributed by atoms with Crippen LogP contribution in [0.15, 0.2) is 16.6 Å². The highest BCUT2D eigenvalue weighted by atomic mass is 79.9. The maximum atomic E-state index is 13.4. The smallest absolute Gasteiger partial charge is 0.250 e. The highest BCUT2D eigenvalue weighted by Crippen LogP contribution is 2.55. The van der Waals surface area contributed by atoms with Crippen molar-refractivity contribution in [3.8, 4) is 11.5 Å². The molecular formula is C23H37BrO3Si. The van der Waals surface area contributed by atoms with E-state index < -0.39 is 13.7 Å². The Morgan fingerprint density at radius 2 is 1.71 bits per heavy atom. The Balaban J connectivity index is 2.73. The number of ketones is 1. The highest BCUT2D eigenvalue weighted by molar-refractivity contribution is 9.10. The molecule has 28 heavy (non-hydrogen) atoms. The summed E-state index contributed by atoms with van der Waals surface area (Å²) in [6.45, 7) is 19.9. The van der Waals surface area contributed by atoms with Gasteiger partial charge in [0.05, 0.1) is 17.0 Å². The summed E-state index contributed by atoms with van der Waals surface area (Å²) < 4.78 is 13.2. The van der Waals surface area contributed by atoms with Gasteiger partial charge < -0.3 is 9.16 Å². The number of hydrogen-bond acceptors (Lipinski definition) is 3. The summed E-state index contributed by atoms with van der Waals surface area (Å²) >= 11 is 3.62. The van der Waals surface area contributed by atoms with Crippen molar-refractivity contribution < 1.29 is 14.0 Å². The predicted octanol–water partition coefficient (Wildman–Crippen LogP) is 7.12. The van der Waals surface area contributed by atoms with Gasteiger partial charge in [-0.1, -0.05) is 41.5 Å². The predicted molar refractivity (Wildman–Crippen MR) is 123 cm³/mol. The average molecular weight is 470 g/mol. The topological polar surface area (TPSA) is 35.5 Å². The Morgan fingerprint density at radius 3 is 2.18 bits per heavy atom. The van der Waals surface area contributed by atoms with Gasteiger partial charge in [0.15, 0.2) is 0 Å². The minimum absolute atomic E-state index is 0.0676. The van der Waals surface area contributed by atoms with E-state index in [0.717, 1.165) is 28.0 Å². The molecule has 1 aliphatic rings. The summed E-state index contributed by atoms with van der Waals surface area (Å²) in [5.41, 5.74) is 0.163. The van der Waals surface area contributed by atoms with Crippen LogP contribution < -0.4 is 9.16 Å². The number of methoxy groups -OCH3 is 1. The largest absolute Gasteiger partial charge is 0.543 e. The molecule has 0 radical (unpaired) electrons. The van der Waals surface area contributed by atoms with E-state index in [1.54, 1.807) is 7.11 Å². The number of hydrogen-bond donors (Lipinski definition) is 0. The average Bonchev–Trinajstić information content (AvgIpc) is 2.50. The lowest BCUT2D eigenvalue weighted by Gasteiger charge is -2.50. The molecular weight excluding hydrogens is 432 g/mol. The minimum atomic E-state index is -2.08. The molecule has 2 rings (SSSR count). The van der Waals surface area contributed by atoms with Crippen molar-refractivity contribution in [2.45, 2.75) is 84.9 Å². The van der Waals surface area contributed by atoms with Crippen molar-refractivity contribution in [1.29, 1.82) is 0 Å². The number of rotatable bonds is 4. The van der Waals surface area contributed by atoms with Crippen LogP contribution in [-0.2, 0) is 10.2 Å². The maximum Gasteiger partial charge on any atom is 0.250 e. The minimum Gasteiger partial charge on any atom is -0.543 e. The second kappa shape index (κ2) is 7.46. The first-order valence-corrected chi connectivity index (χ1v) is 13.9. The number of benzene rings is 1. The Hall–Kier alpha value is -0.813. The van der Waals surface area contributed by atoms with Gasteiger partial charge in [-0.2, -0.15) is 0 Å². The van der Waals surface area contributed by atoms with Crippen molar-refractivity contribution in [3.63, 3.8) is 0 Å². The van der Waals surface area contributed by atoms with E-state index in [9.17, 15) is 4.79 Å². The molecule has 0 heterocycles. The van der Waals surface area contributed by atoms with Crippen molar-refractivity contribution in [2.75, 3.05) is 7.11 Å². The zero-order valence-corrected chi connectivity index (χ0v) is 21.8. The van der Waals surface area contributed by atoms with Crippen LogP contribution in [0.3, 0.4) is 0 Å². The summed E-state index contributed by atoms with van der Waals surface area (Å²) in [6.07, 6.45) is 1.62. The lowest BCUT2D eigenvalue weighted by atomic mass is 9.53. The molecule has 0 N–H and O–H groups in total. The third-order valence-electron chi connectivity index (χ3n) is 7.27. The molecule has 1 fully saturated rings. The fourth-order valence-electron chi connectivity index (χ4n) is 4.15. The van der Waals surface area contributed by atoms with E-state index in [2.05, 4.69) is 77.5 Å². The third-order valence-corrected chi connectivity index (χ3v) is 12.2. The molecule has 1 saturated carbocycles. The van der Waals surface area contributed by atoms with Crippen LogP contribution >= 0.6 is 15.9 Å². The maximum absolute atomic E-state index is 13.4. The molecule has 0 saturated heterocycles. The van der Waals surface area contributed by atoms with Gasteiger partial charge in [0.1, 0.15) is 17.3 Å². The van der Waals surface area contributed by atoms with Crippen LogP contribution in [0, 0.1) is 11.3 Å². The lowest BCUT2D eigenvalue weighted by molar-refractivity contribution is -0.133. The lowest BCUT2D eigenvalue weighted by Crippen LogP contribution is -2.52. The van der Waals surface area contributed by atoms with E-state index in [1.807, 2.05) is 12.1 Å². The monoisotopic (exact) mass is 468 g/mol. The van der Waals surface area contributed by atoms with Crippen molar-refractivity contribution in [1.82, 2.24) is 0 Å². The summed E-state index contributed by atoms with van der Waals surface area (Å²) in [6, 6.07) is 4.02. The number of ether oxygens (including phenoxy) is 1. The molecule has 158 valence electrons. The fraction of sp³-hybridized carbons (Fsp3) is 0.696. The molecule has 0 amide bonds. The molecule has 0 aromatic heterocycles. The molecule has 1 aliphatic carbocycles. The highest BCUT2D eigenvalue weighted by Gasteiger charge is 2.53. The van der Waals surface area contributed by atoms with Crippen molar-refractivity contribution in [3.05, 3.63) is 22.2 Å². The zero-order chi connectivity index (χ0) is 21.7. The standard InChI is InChI=1S/C23H37BrO3Si/c1-15-11-20(25)23(7,22(5,6)14-15)16-12-19(26-8)17(24)13-18(16)27-28(9,10)21(2,3)4/h12-13,15H,11,14H2,1-10H3/t15-,23-/m1/s1. The molecule has 3 nitrogen and oxygen atoms in total. The summed E-state index contributed by atoms with van der Waals surface area (Å²) in [4.78, 5) is 13.4. The normalized spacial score (nSPS) is 25.5. The first kappa shape index (κ1) is 23.5. The van der Waals surface area contributed by atoms with Gasteiger partial charge in [-0.05, 0) is 70.9 Å². The van der Waals surface area contributed by atoms with Crippen LogP contribution in [-0.4, -0.2) is 21.2 Å². The van der Waals surface area contributed by atoms with Crippen LogP contribution in [0.25, 0.3) is 0 Å². The van der Waals surface area contributed by atoms with E-state index in [4.69, 9.17) is 9.16 Å². The van der Waals surface area contributed by atoms with E-state index in [1.165, 1.54) is 0 Å². The molecule has 0 aliphatic heterocycles. The van der Waals surface area contributed by atoms with Crippen molar-refractivity contribution >= 4 is 30.0 Å². The Bertz CT molecular complexity index is 764. The van der Waals surface area contributed by atoms with Gasteiger partial charge >= 0.3 is 0 Å². The number of carbonyl (C=O) groups excluding carboxylic acids is 1. The number of carbonyl (C=O) groups is 1. The molecule has 5 heteroatoms. The van der Waals surface area contributed by atoms with Crippen molar-refractivity contribution in [2.24, 2.45) is 11.3 Å². The zero-order valence-electron chi connectivity index (χ0n) is 19.2. The van der Waals surface area contributed by atoms with E-state index in [0.29, 0.717) is 18.1 Å². The molecule has 0 spiro atoms. The van der Waals surface area contributed by atoms with Crippen LogP contribution in [0.1, 0.15) is 66.9 Å². The Kier molecular flexibility index (Phi) is 6.25. The molecule has 0 unspecified atom stereocenters. The van der Waals surface area contributed by atoms with Gasteiger partial charge in [-0.15, -0.1) is 0 Å². The van der Waals surface area contributed by atoms with Gasteiger partial charge in [-0.3, -0.25) is 4.79 Å². The van der Waals surface area contributed by atoms with E-state index in [-0.39, 0.29) is 10.5 Å². The third kappa shape index (κ3) is 3.94. The van der Waals surface area contributed by atoms with Gasteiger partial charge in [0, 0.05) is 12.0 Å². The molecule has 2 atom stereocenters. The van der Waals surface area contributed by atoms with Gasteiger partial charge in [0.2, 0.25) is 8.32 Å². The fourth-order valence-corrected chi connectivity index (χ4v) is 5.66. The van der Waals surface area contributed by atoms with Crippen LogP contribution in [0.4, 0.5) is 0 Å². The molecule has 1 aromatic rings. The molecule has 1 aromatic carbocycles. The number of halogens is 1. The molecule has 0 bridgehead atoms. The second-order valence-electron chi connectivity index (χ2n) is 10.8. The van der Waals surface area contributed by atoms with Crippen LogP contribution in [0.2, 0.25) is 18.1 Å². The SMILES string of the molecule is COc1cc([C@]2(C)C(=O)C[C@@H](C)CC2(C)C)c(O[Si](C)(C)C(C)(C)C)cc1Br. The first-order valence-electron chi connectivity index (χ1n) is 10.2. The Labute approximate surface area is 180 Å². The van der Waals surface area contributed by atoms with E-state index >= 15 is 0 Å². The summed E-state index contributed by atoms with van der Waals surface area (Å²) in [7, 11) is -0.416. The van der Waals surface area contributed by atoms with Crippen LogP contribution in [0.5, 0.6) is 11.5 Å². The quantitative estimate of drug-likeness (QED) is 0.440. The summed E-state index contributed by atoms with van der Waals surface area (Å²) in [5.74, 6) is 2.25. The summed E-state index contributed by atoms with van der Waals surface area (Å²) in [5, 5.41) is 0.0676. The number of Topliss-reactive ketones (excluding diaryl/α,β-unsaturated/α-hetero) is 1. The Morgan fingerprint density at radius 1 is 1.14 bits per heavy atom. The van der Waals surface area contributed by atoms with Gasteiger partial charge in [0.25, 0.3) is 0 Å². The van der Waals surface area contributed by atoms with Gasteiger partial charge in [-0.25, -0.2) is 0 Å².